The van der Waals surface area contributed by atoms with Crippen molar-refractivity contribution in [3.63, 3.8) is 0 Å². The Morgan fingerprint density at radius 2 is 2.22 bits per heavy atom. The van der Waals surface area contributed by atoms with Crippen molar-refractivity contribution in [2.24, 2.45) is 13.0 Å². The zero-order chi connectivity index (χ0) is 16.2. The molecule has 0 spiro atoms. The Balaban J connectivity index is 1.47. The Kier molecular flexibility index (Phi) is 5.13. The van der Waals surface area contributed by atoms with Gasteiger partial charge in [-0.05, 0) is 42.7 Å². The Hall–Kier alpha value is -1.66. The van der Waals surface area contributed by atoms with Gasteiger partial charge in [0.25, 0.3) is 0 Å². The Morgan fingerprint density at radius 1 is 1.43 bits per heavy atom. The number of aliphatic hydroxyl groups excluding tert-OH is 1. The summed E-state index contributed by atoms with van der Waals surface area (Å²) < 4.78 is 1.82. The fourth-order valence-corrected chi connectivity index (χ4v) is 4.00. The molecule has 0 aliphatic carbocycles. The average Bonchev–Trinajstić information content (AvgIpc) is 3.24. The predicted octanol–water partition coefficient (Wildman–Crippen LogP) is 2.39. The van der Waals surface area contributed by atoms with Crippen LogP contribution in [0.15, 0.2) is 29.8 Å². The SMILES string of the molecule is Cn1nccc1CCC(=O)N1CCC(C(O)c2cccs2)CC1. The molecule has 6 heteroatoms. The third kappa shape index (κ3) is 3.82. The van der Waals surface area contributed by atoms with E-state index in [9.17, 15) is 9.90 Å². The summed E-state index contributed by atoms with van der Waals surface area (Å²) in [5.74, 6) is 0.463. The van der Waals surface area contributed by atoms with Crippen LogP contribution >= 0.6 is 11.3 Å². The minimum absolute atomic E-state index is 0.204. The van der Waals surface area contributed by atoms with Crippen LogP contribution < -0.4 is 0 Å². The molecule has 23 heavy (non-hydrogen) atoms. The lowest BCUT2D eigenvalue weighted by atomic mass is 9.90. The largest absolute Gasteiger partial charge is 0.387 e. The van der Waals surface area contributed by atoms with Gasteiger partial charge in [-0.3, -0.25) is 9.48 Å². The van der Waals surface area contributed by atoms with E-state index >= 15 is 0 Å². The van der Waals surface area contributed by atoms with Gasteiger partial charge in [-0.2, -0.15) is 5.10 Å². The van der Waals surface area contributed by atoms with E-state index in [1.54, 1.807) is 17.5 Å². The lowest BCUT2D eigenvalue weighted by Gasteiger charge is -2.34. The molecule has 0 bridgehead atoms. The van der Waals surface area contributed by atoms with E-state index < -0.39 is 0 Å². The summed E-state index contributed by atoms with van der Waals surface area (Å²) in [5, 5.41) is 16.5. The summed E-state index contributed by atoms with van der Waals surface area (Å²) in [6, 6.07) is 5.91. The first-order chi connectivity index (χ1) is 11.1. The molecule has 1 aliphatic heterocycles. The van der Waals surface area contributed by atoms with Crippen LogP contribution in [0.1, 0.15) is 35.9 Å². The van der Waals surface area contributed by atoms with E-state index in [1.165, 1.54) is 0 Å². The minimum Gasteiger partial charge on any atom is -0.387 e. The fraction of sp³-hybridized carbons (Fsp3) is 0.529. The van der Waals surface area contributed by atoms with E-state index in [0.717, 1.165) is 42.9 Å². The molecular weight excluding hydrogens is 310 g/mol. The number of carbonyl (C=O) groups excluding carboxylic acids is 1. The van der Waals surface area contributed by atoms with Crippen molar-refractivity contribution in [2.75, 3.05) is 13.1 Å². The molecule has 1 fully saturated rings. The second-order valence-electron chi connectivity index (χ2n) is 6.12. The zero-order valence-corrected chi connectivity index (χ0v) is 14.2. The quantitative estimate of drug-likeness (QED) is 0.914. The first-order valence-corrected chi connectivity index (χ1v) is 8.99. The Bertz CT molecular complexity index is 630. The highest BCUT2D eigenvalue weighted by atomic mass is 32.1. The topological polar surface area (TPSA) is 58.4 Å². The monoisotopic (exact) mass is 333 g/mol. The summed E-state index contributed by atoms with van der Waals surface area (Å²) >= 11 is 1.60. The van der Waals surface area contributed by atoms with Gasteiger partial charge in [0.1, 0.15) is 0 Å². The second-order valence-corrected chi connectivity index (χ2v) is 7.10. The number of aromatic nitrogens is 2. The highest BCUT2D eigenvalue weighted by Gasteiger charge is 2.28. The van der Waals surface area contributed by atoms with Crippen molar-refractivity contribution in [1.82, 2.24) is 14.7 Å². The van der Waals surface area contributed by atoms with E-state index in [4.69, 9.17) is 0 Å². The third-order valence-corrected chi connectivity index (χ3v) is 5.63. The van der Waals surface area contributed by atoms with Crippen LogP contribution in [-0.4, -0.2) is 38.8 Å². The maximum Gasteiger partial charge on any atom is 0.222 e. The lowest BCUT2D eigenvalue weighted by molar-refractivity contribution is -0.133. The molecular formula is C17H23N3O2S. The van der Waals surface area contributed by atoms with E-state index in [1.807, 2.05) is 40.2 Å². The van der Waals surface area contributed by atoms with Gasteiger partial charge in [0.15, 0.2) is 0 Å². The summed E-state index contributed by atoms with van der Waals surface area (Å²) in [5.41, 5.74) is 1.08. The molecule has 3 heterocycles. The minimum atomic E-state index is -0.387. The van der Waals surface area contributed by atoms with Crippen LogP contribution in [0.3, 0.4) is 0 Å². The number of hydrogen-bond donors (Lipinski definition) is 1. The summed E-state index contributed by atoms with van der Waals surface area (Å²) in [4.78, 5) is 15.3. The molecule has 0 aromatic carbocycles. The van der Waals surface area contributed by atoms with Crippen molar-refractivity contribution in [1.29, 1.82) is 0 Å². The third-order valence-electron chi connectivity index (χ3n) is 4.69. The molecule has 124 valence electrons. The molecule has 1 saturated heterocycles. The van der Waals surface area contributed by atoms with Gasteiger partial charge < -0.3 is 10.0 Å². The van der Waals surface area contributed by atoms with E-state index in [2.05, 4.69) is 5.10 Å². The molecule has 1 aliphatic rings. The van der Waals surface area contributed by atoms with E-state index in [-0.39, 0.29) is 17.9 Å². The van der Waals surface area contributed by atoms with Gasteiger partial charge in [-0.25, -0.2) is 0 Å². The molecule has 0 radical (unpaired) electrons. The van der Waals surface area contributed by atoms with Crippen molar-refractivity contribution >= 4 is 17.2 Å². The normalized spacial score (nSPS) is 17.4. The maximum absolute atomic E-state index is 12.3. The summed E-state index contributed by atoms with van der Waals surface area (Å²) in [6.07, 6.45) is 4.37. The zero-order valence-electron chi connectivity index (χ0n) is 13.4. The molecule has 1 N–H and O–H groups in total. The molecule has 1 atom stereocenters. The fourth-order valence-electron chi connectivity index (χ4n) is 3.20. The lowest BCUT2D eigenvalue weighted by Crippen LogP contribution is -2.39. The number of piperidine rings is 1. The Labute approximate surface area is 140 Å². The number of carbonyl (C=O) groups is 1. The molecule has 0 saturated carbocycles. The highest BCUT2D eigenvalue weighted by molar-refractivity contribution is 7.10. The average molecular weight is 333 g/mol. The number of hydrogen-bond acceptors (Lipinski definition) is 4. The van der Waals surface area contributed by atoms with Gasteiger partial charge in [0, 0.05) is 43.3 Å². The highest BCUT2D eigenvalue weighted by Crippen LogP contribution is 2.33. The van der Waals surface area contributed by atoms with Crippen molar-refractivity contribution in [2.45, 2.75) is 31.8 Å². The molecule has 1 amide bonds. The second kappa shape index (κ2) is 7.27. The summed E-state index contributed by atoms with van der Waals surface area (Å²) in [6.45, 7) is 1.49. The molecule has 2 aromatic heterocycles. The van der Waals surface area contributed by atoms with Gasteiger partial charge in [-0.15, -0.1) is 11.3 Å². The van der Waals surface area contributed by atoms with Crippen molar-refractivity contribution in [3.05, 3.63) is 40.3 Å². The standard InChI is InChI=1S/C17H23N3O2S/c1-19-14(6-9-18-19)4-5-16(21)20-10-7-13(8-11-20)17(22)15-3-2-12-23-15/h2-3,6,9,12-13,17,22H,4-5,7-8,10-11H2,1H3. The van der Waals surface area contributed by atoms with Gasteiger partial charge in [0.05, 0.1) is 6.10 Å². The maximum atomic E-state index is 12.3. The van der Waals surface area contributed by atoms with Crippen molar-refractivity contribution in [3.8, 4) is 0 Å². The summed E-state index contributed by atoms with van der Waals surface area (Å²) in [7, 11) is 1.90. The van der Waals surface area contributed by atoms with Gasteiger partial charge >= 0.3 is 0 Å². The van der Waals surface area contributed by atoms with Crippen LogP contribution in [-0.2, 0) is 18.3 Å². The predicted molar refractivity (Wildman–Crippen MR) is 90.1 cm³/mol. The number of aryl methyl sites for hydroxylation is 2. The van der Waals surface area contributed by atoms with Crippen LogP contribution in [0.4, 0.5) is 0 Å². The number of rotatable bonds is 5. The number of amides is 1. The van der Waals surface area contributed by atoms with E-state index in [0.29, 0.717) is 6.42 Å². The van der Waals surface area contributed by atoms with Crippen LogP contribution in [0.2, 0.25) is 0 Å². The number of aliphatic hydroxyl groups is 1. The first-order valence-electron chi connectivity index (χ1n) is 8.11. The Morgan fingerprint density at radius 3 is 2.83 bits per heavy atom. The van der Waals surface area contributed by atoms with Crippen LogP contribution in [0.5, 0.6) is 0 Å². The van der Waals surface area contributed by atoms with Gasteiger partial charge in [0.2, 0.25) is 5.91 Å². The molecule has 2 aromatic rings. The van der Waals surface area contributed by atoms with Gasteiger partial charge in [-0.1, -0.05) is 6.07 Å². The smallest absolute Gasteiger partial charge is 0.222 e. The molecule has 3 rings (SSSR count). The van der Waals surface area contributed by atoms with Crippen LogP contribution in [0, 0.1) is 5.92 Å². The first kappa shape index (κ1) is 16.2. The number of likely N-dealkylation sites (tertiary alicyclic amines) is 1. The number of nitrogens with zero attached hydrogens (tertiary/aromatic N) is 3. The van der Waals surface area contributed by atoms with Crippen LogP contribution in [0.25, 0.3) is 0 Å². The molecule has 5 nitrogen and oxygen atoms in total. The molecule has 1 unspecified atom stereocenters. The van der Waals surface area contributed by atoms with Crippen molar-refractivity contribution < 1.29 is 9.90 Å². The number of thiophene rings is 1.